The van der Waals surface area contributed by atoms with Gasteiger partial charge < -0.3 is 26.8 Å². The van der Waals surface area contributed by atoms with Crippen LogP contribution in [0.3, 0.4) is 0 Å². The van der Waals surface area contributed by atoms with Crippen LogP contribution in [0.15, 0.2) is 0 Å². The van der Waals surface area contributed by atoms with E-state index in [1.807, 2.05) is 20.8 Å². The molecule has 0 aromatic carbocycles. The number of hydrogen-bond donors (Lipinski definition) is 5. The molecule has 0 fully saturated rings. The van der Waals surface area contributed by atoms with Crippen molar-refractivity contribution in [2.45, 2.75) is 72.5 Å². The molecule has 9 nitrogen and oxygen atoms in total. The summed E-state index contributed by atoms with van der Waals surface area (Å²) in [6.45, 7) is 10.6. The second-order valence-corrected chi connectivity index (χ2v) is 7.89. The average molecular weight is 401 g/mol. The maximum atomic E-state index is 12.8. The number of nitrogens with two attached hydrogens (primary N) is 1. The molecule has 0 aromatic heterocycles. The number of carboxylic acids is 1. The molecule has 4 unspecified atom stereocenters. The summed E-state index contributed by atoms with van der Waals surface area (Å²) in [5.74, 6) is -3.06. The van der Waals surface area contributed by atoms with Crippen LogP contribution in [0.25, 0.3) is 0 Å². The third-order valence-electron chi connectivity index (χ3n) is 4.57. The Balaban J connectivity index is 5.42. The average Bonchev–Trinajstić information content (AvgIpc) is 2.61. The molecular weight excluding hydrogens is 364 g/mol. The van der Waals surface area contributed by atoms with Gasteiger partial charge in [0.05, 0.1) is 6.54 Å². The van der Waals surface area contributed by atoms with E-state index in [0.29, 0.717) is 12.8 Å². The summed E-state index contributed by atoms with van der Waals surface area (Å²) in [6, 6.07) is -2.79. The summed E-state index contributed by atoms with van der Waals surface area (Å²) in [7, 11) is 0. The van der Waals surface area contributed by atoms with Gasteiger partial charge in [-0.3, -0.25) is 14.4 Å². The molecule has 0 spiro atoms. The van der Waals surface area contributed by atoms with Gasteiger partial charge in [-0.1, -0.05) is 48.0 Å². The molecule has 4 atom stereocenters. The number of rotatable bonds is 12. The Hall–Kier alpha value is -2.16. The predicted octanol–water partition coefficient (Wildman–Crippen LogP) is 0.232. The second-order valence-electron chi connectivity index (χ2n) is 7.89. The first-order chi connectivity index (χ1) is 12.9. The van der Waals surface area contributed by atoms with Crippen LogP contribution >= 0.6 is 0 Å². The summed E-state index contributed by atoms with van der Waals surface area (Å²) in [4.78, 5) is 48.5. The third kappa shape index (κ3) is 8.69. The standard InChI is InChI=1S/C19H36N4O5/c1-7-12(6)16(18(26)22-15(11(4)5)19(27)28)23-17(25)13(8-10(2)3)21-14(24)9-20/h10-13,15-16H,7-9,20H2,1-6H3,(H,21,24)(H,22,26)(H,23,25)(H,27,28). The maximum absolute atomic E-state index is 12.8. The van der Waals surface area contributed by atoms with E-state index in [1.54, 1.807) is 20.8 Å². The van der Waals surface area contributed by atoms with Gasteiger partial charge in [0.1, 0.15) is 18.1 Å². The summed E-state index contributed by atoms with van der Waals surface area (Å²) in [5, 5.41) is 17.1. The molecule has 0 radical (unpaired) electrons. The van der Waals surface area contributed by atoms with Gasteiger partial charge in [-0.05, 0) is 24.2 Å². The van der Waals surface area contributed by atoms with Crippen LogP contribution in [-0.2, 0) is 19.2 Å². The highest BCUT2D eigenvalue weighted by Crippen LogP contribution is 2.12. The van der Waals surface area contributed by atoms with Crippen molar-refractivity contribution in [3.8, 4) is 0 Å². The monoisotopic (exact) mass is 400 g/mol. The van der Waals surface area contributed by atoms with E-state index in [4.69, 9.17) is 5.73 Å². The lowest BCUT2D eigenvalue weighted by atomic mass is 9.95. The number of nitrogens with one attached hydrogen (secondary N) is 3. The minimum atomic E-state index is -1.13. The Bertz CT molecular complexity index is 550. The molecule has 28 heavy (non-hydrogen) atoms. The van der Waals surface area contributed by atoms with Crippen LogP contribution < -0.4 is 21.7 Å². The number of carbonyl (C=O) groups excluding carboxylic acids is 3. The summed E-state index contributed by atoms with van der Waals surface area (Å²) in [5.41, 5.74) is 5.32. The molecule has 0 bridgehead atoms. The van der Waals surface area contributed by atoms with E-state index in [9.17, 15) is 24.3 Å². The normalized spacial score (nSPS) is 15.5. The molecule has 0 rings (SSSR count). The third-order valence-corrected chi connectivity index (χ3v) is 4.57. The number of carboxylic acid groups (broad SMARTS) is 1. The number of hydrogen-bond acceptors (Lipinski definition) is 5. The van der Waals surface area contributed by atoms with Crippen molar-refractivity contribution >= 4 is 23.7 Å². The largest absolute Gasteiger partial charge is 0.480 e. The second kappa shape index (κ2) is 12.3. The highest BCUT2D eigenvalue weighted by atomic mass is 16.4. The zero-order valence-electron chi connectivity index (χ0n) is 17.7. The lowest BCUT2D eigenvalue weighted by Gasteiger charge is -2.28. The van der Waals surface area contributed by atoms with Gasteiger partial charge in [0.15, 0.2) is 0 Å². The Kier molecular flexibility index (Phi) is 11.4. The van der Waals surface area contributed by atoms with E-state index in [1.165, 1.54) is 0 Å². The zero-order valence-corrected chi connectivity index (χ0v) is 17.7. The summed E-state index contributed by atoms with van der Waals surface area (Å²) in [6.07, 6.45) is 0.984. The van der Waals surface area contributed by atoms with E-state index in [-0.39, 0.29) is 24.3 Å². The van der Waals surface area contributed by atoms with Gasteiger partial charge in [-0.25, -0.2) is 4.79 Å². The quantitative estimate of drug-likeness (QED) is 0.316. The van der Waals surface area contributed by atoms with Crippen molar-refractivity contribution in [1.29, 1.82) is 0 Å². The number of carbonyl (C=O) groups is 4. The molecule has 0 aliphatic rings. The van der Waals surface area contributed by atoms with Gasteiger partial charge in [0, 0.05) is 0 Å². The topological polar surface area (TPSA) is 151 Å². The van der Waals surface area contributed by atoms with Crippen molar-refractivity contribution in [1.82, 2.24) is 16.0 Å². The van der Waals surface area contributed by atoms with E-state index >= 15 is 0 Å². The first-order valence-corrected chi connectivity index (χ1v) is 9.77. The minimum Gasteiger partial charge on any atom is -0.480 e. The van der Waals surface area contributed by atoms with Crippen LogP contribution in [0.4, 0.5) is 0 Å². The predicted molar refractivity (Wildman–Crippen MR) is 106 cm³/mol. The number of amides is 3. The summed E-state index contributed by atoms with van der Waals surface area (Å²) < 4.78 is 0. The molecule has 3 amide bonds. The lowest BCUT2D eigenvalue weighted by molar-refractivity contribution is -0.144. The minimum absolute atomic E-state index is 0.127. The van der Waals surface area contributed by atoms with Gasteiger partial charge in [0.25, 0.3) is 0 Å². The Morgan fingerprint density at radius 2 is 1.43 bits per heavy atom. The fourth-order valence-corrected chi connectivity index (χ4v) is 2.67. The number of aliphatic carboxylic acids is 1. The van der Waals surface area contributed by atoms with Gasteiger partial charge >= 0.3 is 5.97 Å². The summed E-state index contributed by atoms with van der Waals surface area (Å²) >= 11 is 0. The molecule has 162 valence electrons. The molecule has 0 aliphatic heterocycles. The van der Waals surface area contributed by atoms with Crippen LogP contribution in [0, 0.1) is 17.8 Å². The SMILES string of the molecule is CCC(C)C(NC(=O)C(CC(C)C)NC(=O)CN)C(=O)NC(C(=O)O)C(C)C. The molecule has 0 saturated heterocycles. The first-order valence-electron chi connectivity index (χ1n) is 9.77. The van der Waals surface area contributed by atoms with Crippen LogP contribution in [0.5, 0.6) is 0 Å². The van der Waals surface area contributed by atoms with Gasteiger partial charge in [-0.15, -0.1) is 0 Å². The molecule has 0 saturated carbocycles. The highest BCUT2D eigenvalue weighted by molar-refractivity contribution is 5.93. The van der Waals surface area contributed by atoms with Gasteiger partial charge in [-0.2, -0.15) is 0 Å². The van der Waals surface area contributed by atoms with Crippen molar-refractivity contribution in [3.63, 3.8) is 0 Å². The Morgan fingerprint density at radius 1 is 0.893 bits per heavy atom. The first kappa shape index (κ1) is 25.8. The Morgan fingerprint density at radius 3 is 1.82 bits per heavy atom. The molecule has 0 heterocycles. The van der Waals surface area contributed by atoms with Crippen molar-refractivity contribution in [2.24, 2.45) is 23.5 Å². The van der Waals surface area contributed by atoms with E-state index in [0.717, 1.165) is 0 Å². The van der Waals surface area contributed by atoms with Crippen LogP contribution in [0.1, 0.15) is 54.4 Å². The van der Waals surface area contributed by atoms with Gasteiger partial charge in [0.2, 0.25) is 17.7 Å². The van der Waals surface area contributed by atoms with Crippen LogP contribution in [-0.4, -0.2) is 53.5 Å². The fourth-order valence-electron chi connectivity index (χ4n) is 2.67. The molecule has 0 aromatic rings. The lowest BCUT2D eigenvalue weighted by Crippen LogP contribution is -2.58. The maximum Gasteiger partial charge on any atom is 0.326 e. The Labute approximate surface area is 167 Å². The smallest absolute Gasteiger partial charge is 0.326 e. The van der Waals surface area contributed by atoms with E-state index in [2.05, 4.69) is 16.0 Å². The van der Waals surface area contributed by atoms with E-state index < -0.39 is 41.8 Å². The van der Waals surface area contributed by atoms with Crippen LogP contribution in [0.2, 0.25) is 0 Å². The highest BCUT2D eigenvalue weighted by Gasteiger charge is 2.33. The molecule has 6 N–H and O–H groups in total. The van der Waals surface area contributed by atoms with Crippen molar-refractivity contribution in [2.75, 3.05) is 6.54 Å². The fraction of sp³-hybridized carbons (Fsp3) is 0.789. The molecule has 0 aliphatic carbocycles. The van der Waals surface area contributed by atoms with Crippen molar-refractivity contribution < 1.29 is 24.3 Å². The zero-order chi connectivity index (χ0) is 22.0. The molecular formula is C19H36N4O5. The molecule has 9 heteroatoms. The van der Waals surface area contributed by atoms with Crippen molar-refractivity contribution in [3.05, 3.63) is 0 Å².